The van der Waals surface area contributed by atoms with Gasteiger partial charge in [0.05, 0.1) is 5.75 Å². The number of para-hydroxylation sites is 1. The van der Waals surface area contributed by atoms with Gasteiger partial charge < -0.3 is 15.1 Å². The zero-order chi connectivity index (χ0) is 18.7. The first-order valence-electron chi connectivity index (χ1n) is 9.38. The molecule has 6 nitrogen and oxygen atoms in total. The molecule has 2 heterocycles. The lowest BCUT2D eigenvalue weighted by molar-refractivity contribution is 0.170. The average molecular weight is 380 g/mol. The van der Waals surface area contributed by atoms with E-state index in [1.54, 1.807) is 4.90 Å². The standard InChI is InChI=1S/C19H29N3O3S/c1-15-12-17-7-3-4-8-18(17)22(15)11-9-20-19(23)21-10-5-6-16(13-21)14-26(2,24)25/h3-4,7-8,15-16H,5-6,9-14H2,1-2H3,(H,20,23)/t15-,16+/m0/s1. The van der Waals surface area contributed by atoms with E-state index in [0.29, 0.717) is 25.7 Å². The predicted octanol–water partition coefficient (Wildman–Crippen LogP) is 1.90. The van der Waals surface area contributed by atoms with E-state index in [1.165, 1.54) is 17.5 Å². The van der Waals surface area contributed by atoms with Crippen molar-refractivity contribution in [2.45, 2.75) is 32.2 Å². The highest BCUT2D eigenvalue weighted by Gasteiger charge is 2.27. The predicted molar refractivity (Wildman–Crippen MR) is 104 cm³/mol. The zero-order valence-corrected chi connectivity index (χ0v) is 16.5. The van der Waals surface area contributed by atoms with Crippen molar-refractivity contribution in [3.05, 3.63) is 29.8 Å². The second kappa shape index (κ2) is 7.86. The molecule has 0 unspecified atom stereocenters. The largest absolute Gasteiger partial charge is 0.367 e. The Balaban J connectivity index is 1.48. The van der Waals surface area contributed by atoms with Gasteiger partial charge in [-0.15, -0.1) is 0 Å². The van der Waals surface area contributed by atoms with E-state index in [2.05, 4.69) is 41.4 Å². The third kappa shape index (κ3) is 4.69. The van der Waals surface area contributed by atoms with E-state index in [1.807, 2.05) is 0 Å². The van der Waals surface area contributed by atoms with Crippen LogP contribution in [-0.4, -0.2) is 63.6 Å². The number of urea groups is 1. The van der Waals surface area contributed by atoms with Gasteiger partial charge in [0, 0.05) is 44.2 Å². The molecular weight excluding hydrogens is 350 g/mol. The molecule has 7 heteroatoms. The number of amides is 2. The summed E-state index contributed by atoms with van der Waals surface area (Å²) in [5.41, 5.74) is 2.63. The molecular formula is C19H29N3O3S. The Morgan fingerprint density at radius 1 is 1.31 bits per heavy atom. The van der Waals surface area contributed by atoms with Crippen molar-refractivity contribution in [3.8, 4) is 0 Å². The maximum Gasteiger partial charge on any atom is 0.317 e. The smallest absolute Gasteiger partial charge is 0.317 e. The number of hydrogen-bond acceptors (Lipinski definition) is 4. The van der Waals surface area contributed by atoms with Crippen LogP contribution >= 0.6 is 0 Å². The van der Waals surface area contributed by atoms with Crippen molar-refractivity contribution in [2.75, 3.05) is 43.1 Å². The molecule has 26 heavy (non-hydrogen) atoms. The molecule has 1 aromatic rings. The number of rotatable bonds is 5. The van der Waals surface area contributed by atoms with E-state index in [9.17, 15) is 13.2 Å². The van der Waals surface area contributed by atoms with Crippen LogP contribution in [0.25, 0.3) is 0 Å². The maximum absolute atomic E-state index is 12.5. The minimum atomic E-state index is -3.00. The Kier molecular flexibility index (Phi) is 5.75. The average Bonchev–Trinajstić information content (AvgIpc) is 2.89. The fourth-order valence-electron chi connectivity index (χ4n) is 4.18. The minimum Gasteiger partial charge on any atom is -0.367 e. The topological polar surface area (TPSA) is 69.7 Å². The number of hydrogen-bond donors (Lipinski definition) is 1. The van der Waals surface area contributed by atoms with Gasteiger partial charge >= 0.3 is 6.03 Å². The highest BCUT2D eigenvalue weighted by molar-refractivity contribution is 7.90. The molecule has 0 aromatic heterocycles. The van der Waals surface area contributed by atoms with Crippen LogP contribution in [0.4, 0.5) is 10.5 Å². The monoisotopic (exact) mass is 379 g/mol. The number of sulfone groups is 1. The fraction of sp³-hybridized carbons (Fsp3) is 0.632. The number of nitrogens with one attached hydrogen (secondary N) is 1. The van der Waals surface area contributed by atoms with Crippen LogP contribution in [0.15, 0.2) is 24.3 Å². The molecule has 0 spiro atoms. The number of likely N-dealkylation sites (tertiary alicyclic amines) is 1. The first-order valence-corrected chi connectivity index (χ1v) is 11.4. The Labute approximate surface area is 156 Å². The second-order valence-corrected chi connectivity index (χ2v) is 9.84. The summed E-state index contributed by atoms with van der Waals surface area (Å²) in [6, 6.07) is 8.79. The van der Waals surface area contributed by atoms with Crippen LogP contribution in [0.2, 0.25) is 0 Å². The normalized spacial score (nSPS) is 23.0. The fourth-order valence-corrected chi connectivity index (χ4v) is 5.31. The quantitative estimate of drug-likeness (QED) is 0.848. The number of nitrogens with zero attached hydrogens (tertiary/aromatic N) is 2. The SMILES string of the molecule is C[C@H]1Cc2ccccc2N1CCNC(=O)N1CCC[C@@H](CS(C)(=O)=O)C1. The van der Waals surface area contributed by atoms with E-state index in [0.717, 1.165) is 25.8 Å². The zero-order valence-electron chi connectivity index (χ0n) is 15.6. The number of piperidine rings is 1. The van der Waals surface area contributed by atoms with E-state index < -0.39 is 9.84 Å². The second-order valence-electron chi connectivity index (χ2n) is 7.65. The summed E-state index contributed by atoms with van der Waals surface area (Å²) >= 11 is 0. The Hall–Kier alpha value is -1.76. The van der Waals surface area contributed by atoms with Gasteiger partial charge in [-0.1, -0.05) is 18.2 Å². The molecule has 0 bridgehead atoms. The van der Waals surface area contributed by atoms with Crippen molar-refractivity contribution in [3.63, 3.8) is 0 Å². The lowest BCUT2D eigenvalue weighted by Gasteiger charge is -2.33. The number of carbonyl (C=O) groups is 1. The van der Waals surface area contributed by atoms with Gasteiger partial charge in [-0.3, -0.25) is 0 Å². The molecule has 0 radical (unpaired) electrons. The van der Waals surface area contributed by atoms with Gasteiger partial charge in [-0.05, 0) is 43.7 Å². The maximum atomic E-state index is 12.5. The summed E-state index contributed by atoms with van der Waals surface area (Å²) in [6.07, 6.45) is 4.05. The minimum absolute atomic E-state index is 0.0509. The van der Waals surface area contributed by atoms with Crippen LogP contribution in [0.5, 0.6) is 0 Å². The molecule has 3 rings (SSSR count). The van der Waals surface area contributed by atoms with Gasteiger partial charge in [0.25, 0.3) is 0 Å². The molecule has 0 saturated carbocycles. The highest BCUT2D eigenvalue weighted by Crippen LogP contribution is 2.31. The van der Waals surface area contributed by atoms with Crippen molar-refractivity contribution in [1.29, 1.82) is 0 Å². The lowest BCUT2D eigenvalue weighted by atomic mass is 10.0. The Bertz CT molecular complexity index is 750. The number of carbonyl (C=O) groups excluding carboxylic acids is 1. The Morgan fingerprint density at radius 3 is 2.85 bits per heavy atom. The molecule has 1 fully saturated rings. The van der Waals surface area contributed by atoms with Crippen molar-refractivity contribution in [1.82, 2.24) is 10.2 Å². The van der Waals surface area contributed by atoms with E-state index in [-0.39, 0.29) is 17.7 Å². The van der Waals surface area contributed by atoms with Crippen LogP contribution in [0.1, 0.15) is 25.3 Å². The first kappa shape index (κ1) is 19.0. The number of benzene rings is 1. The Morgan fingerprint density at radius 2 is 2.08 bits per heavy atom. The molecule has 2 aliphatic heterocycles. The van der Waals surface area contributed by atoms with E-state index in [4.69, 9.17) is 0 Å². The summed E-state index contributed by atoms with van der Waals surface area (Å²) in [5, 5.41) is 3.01. The summed E-state index contributed by atoms with van der Waals surface area (Å²) in [5.74, 6) is 0.216. The van der Waals surface area contributed by atoms with Crippen LogP contribution in [-0.2, 0) is 16.3 Å². The van der Waals surface area contributed by atoms with Crippen molar-refractivity contribution < 1.29 is 13.2 Å². The van der Waals surface area contributed by atoms with Gasteiger partial charge in [-0.2, -0.15) is 0 Å². The molecule has 1 saturated heterocycles. The van der Waals surface area contributed by atoms with Gasteiger partial charge in [0.1, 0.15) is 9.84 Å². The van der Waals surface area contributed by atoms with Crippen LogP contribution in [0, 0.1) is 5.92 Å². The van der Waals surface area contributed by atoms with E-state index >= 15 is 0 Å². The van der Waals surface area contributed by atoms with Gasteiger partial charge in [0.15, 0.2) is 0 Å². The summed E-state index contributed by atoms with van der Waals surface area (Å²) in [4.78, 5) is 16.6. The third-order valence-electron chi connectivity index (χ3n) is 5.32. The third-order valence-corrected chi connectivity index (χ3v) is 6.40. The van der Waals surface area contributed by atoms with Crippen molar-refractivity contribution in [2.24, 2.45) is 5.92 Å². The summed E-state index contributed by atoms with van der Waals surface area (Å²) in [6.45, 7) is 4.81. The number of fused-ring (bicyclic) bond motifs is 1. The highest BCUT2D eigenvalue weighted by atomic mass is 32.2. The molecule has 144 valence electrons. The molecule has 0 aliphatic carbocycles. The van der Waals surface area contributed by atoms with Crippen molar-refractivity contribution >= 4 is 21.6 Å². The lowest BCUT2D eigenvalue weighted by Crippen LogP contribution is -2.48. The van der Waals surface area contributed by atoms with Crippen LogP contribution in [0.3, 0.4) is 0 Å². The molecule has 1 aromatic carbocycles. The summed E-state index contributed by atoms with van der Waals surface area (Å²) < 4.78 is 23.0. The van der Waals surface area contributed by atoms with Gasteiger partial charge in [-0.25, -0.2) is 13.2 Å². The molecule has 1 N–H and O–H groups in total. The van der Waals surface area contributed by atoms with Crippen LogP contribution < -0.4 is 10.2 Å². The molecule has 2 amide bonds. The summed E-state index contributed by atoms with van der Waals surface area (Å²) in [7, 11) is -3.00. The molecule has 2 atom stereocenters. The first-order chi connectivity index (χ1) is 12.3. The van der Waals surface area contributed by atoms with Gasteiger partial charge in [0.2, 0.25) is 0 Å². The molecule has 2 aliphatic rings. The number of anilines is 1.